The number of hydrogen-bond donors (Lipinski definition) is 3. The zero-order chi connectivity index (χ0) is 18.6. The van der Waals surface area contributed by atoms with Crippen molar-refractivity contribution in [2.45, 2.75) is 6.42 Å². The molecule has 2 aromatic rings. The maximum Gasteiger partial charge on any atom is 0.122 e. The fourth-order valence-corrected chi connectivity index (χ4v) is 2.50. The molecule has 0 aliphatic carbocycles. The summed E-state index contributed by atoms with van der Waals surface area (Å²) in [5, 5.41) is 26.8. The monoisotopic (exact) mass is 362 g/mol. The van der Waals surface area contributed by atoms with E-state index >= 15 is 0 Å². The molecule has 0 saturated carbocycles. The minimum Gasteiger partial charge on any atom is -0.491 e. The maximum absolute atomic E-state index is 9.26. The highest BCUT2D eigenvalue weighted by molar-refractivity contribution is 5.66. The van der Waals surface area contributed by atoms with Crippen LogP contribution in [-0.2, 0) is 11.2 Å². The van der Waals surface area contributed by atoms with Crippen LogP contribution in [0.1, 0.15) is 5.56 Å². The van der Waals surface area contributed by atoms with Crippen LogP contribution in [0.3, 0.4) is 0 Å². The first-order valence-electron chi connectivity index (χ1n) is 8.67. The van der Waals surface area contributed by atoms with Gasteiger partial charge in [-0.3, -0.25) is 0 Å². The largest absolute Gasteiger partial charge is 0.491 e. The molecule has 26 heavy (non-hydrogen) atoms. The average Bonchev–Trinajstić information content (AvgIpc) is 2.67. The number of rotatable bonds is 12. The molecule has 0 heterocycles. The van der Waals surface area contributed by atoms with E-state index in [-0.39, 0.29) is 26.4 Å². The van der Waals surface area contributed by atoms with Gasteiger partial charge in [-0.05, 0) is 47.4 Å². The molecule has 142 valence electrons. The van der Waals surface area contributed by atoms with Gasteiger partial charge >= 0.3 is 0 Å². The van der Waals surface area contributed by atoms with Crippen LogP contribution >= 0.6 is 0 Å². The van der Waals surface area contributed by atoms with E-state index in [1.165, 1.54) is 0 Å². The molecule has 0 atom stereocenters. The fraction of sp³-hybridized carbons (Fsp3) is 0.400. The normalized spacial score (nSPS) is 10.7. The molecule has 0 aliphatic rings. The van der Waals surface area contributed by atoms with Crippen LogP contribution in [-0.4, -0.2) is 61.6 Å². The Morgan fingerprint density at radius 3 is 2.08 bits per heavy atom. The zero-order valence-corrected chi connectivity index (χ0v) is 14.8. The molecule has 2 rings (SSSR count). The fourth-order valence-electron chi connectivity index (χ4n) is 2.50. The molecule has 2 aromatic carbocycles. The second kappa shape index (κ2) is 11.5. The molecular formula is C20H26O6. The van der Waals surface area contributed by atoms with Crippen molar-refractivity contribution < 1.29 is 29.5 Å². The van der Waals surface area contributed by atoms with Crippen molar-refractivity contribution in [3.05, 3.63) is 48.0 Å². The highest BCUT2D eigenvalue weighted by Gasteiger charge is 2.07. The van der Waals surface area contributed by atoms with Crippen LogP contribution in [0.5, 0.6) is 11.5 Å². The summed E-state index contributed by atoms with van der Waals surface area (Å²) >= 11 is 0. The average molecular weight is 362 g/mol. The van der Waals surface area contributed by atoms with Crippen molar-refractivity contribution in [1.29, 1.82) is 0 Å². The van der Waals surface area contributed by atoms with Gasteiger partial charge in [-0.25, -0.2) is 0 Å². The Morgan fingerprint density at radius 2 is 1.38 bits per heavy atom. The summed E-state index contributed by atoms with van der Waals surface area (Å²) < 4.78 is 16.2. The Morgan fingerprint density at radius 1 is 0.654 bits per heavy atom. The van der Waals surface area contributed by atoms with Gasteiger partial charge in [0.2, 0.25) is 0 Å². The Hall–Kier alpha value is -2.12. The standard InChI is InChI=1S/C20H26O6/c21-8-7-18-15-17(3-6-20(18)26-12-10-23)16-1-4-19(5-2-16)25-14-13-24-11-9-22/h1-6,15,21-23H,7-14H2. The first-order valence-corrected chi connectivity index (χ1v) is 8.67. The van der Waals surface area contributed by atoms with Crippen molar-refractivity contribution in [1.82, 2.24) is 0 Å². The van der Waals surface area contributed by atoms with Crippen molar-refractivity contribution in [2.24, 2.45) is 0 Å². The van der Waals surface area contributed by atoms with E-state index in [4.69, 9.17) is 24.4 Å². The molecule has 3 N–H and O–H groups in total. The summed E-state index contributed by atoms with van der Waals surface area (Å²) in [5.74, 6) is 1.43. The predicted octanol–water partition coefficient (Wildman–Crippen LogP) is 1.65. The molecule has 0 radical (unpaired) electrons. The summed E-state index contributed by atoms with van der Waals surface area (Å²) in [6, 6.07) is 13.5. The molecule has 0 saturated heterocycles. The molecule has 6 nitrogen and oxygen atoms in total. The Labute approximate surface area is 153 Å². The molecule has 0 spiro atoms. The highest BCUT2D eigenvalue weighted by atomic mass is 16.5. The number of hydrogen-bond acceptors (Lipinski definition) is 6. The highest BCUT2D eigenvalue weighted by Crippen LogP contribution is 2.28. The molecule has 0 amide bonds. The van der Waals surface area contributed by atoms with E-state index < -0.39 is 0 Å². The molecular weight excluding hydrogens is 336 g/mol. The molecule has 6 heteroatoms. The van der Waals surface area contributed by atoms with Gasteiger partial charge < -0.3 is 29.5 Å². The van der Waals surface area contributed by atoms with Gasteiger partial charge in [-0.2, -0.15) is 0 Å². The molecule has 0 aromatic heterocycles. The second-order valence-corrected chi connectivity index (χ2v) is 5.58. The Bertz CT molecular complexity index is 641. The van der Waals surface area contributed by atoms with Crippen LogP contribution in [0.15, 0.2) is 42.5 Å². The summed E-state index contributed by atoms with van der Waals surface area (Å²) in [5.41, 5.74) is 2.95. The van der Waals surface area contributed by atoms with Crippen LogP contribution in [0.25, 0.3) is 11.1 Å². The summed E-state index contributed by atoms with van der Waals surface area (Å²) in [6.07, 6.45) is 0.490. The van der Waals surface area contributed by atoms with Crippen molar-refractivity contribution in [3.8, 4) is 22.6 Å². The van der Waals surface area contributed by atoms with E-state index in [1.54, 1.807) is 0 Å². The quantitative estimate of drug-likeness (QED) is 0.498. The third-order valence-corrected chi connectivity index (χ3v) is 3.71. The van der Waals surface area contributed by atoms with Crippen molar-refractivity contribution >= 4 is 0 Å². The van der Waals surface area contributed by atoms with Gasteiger partial charge in [0.15, 0.2) is 0 Å². The van der Waals surface area contributed by atoms with E-state index in [0.29, 0.717) is 32.0 Å². The molecule has 0 aliphatic heterocycles. The number of benzene rings is 2. The predicted molar refractivity (Wildman–Crippen MR) is 98.6 cm³/mol. The first kappa shape index (κ1) is 20.2. The Kier molecular flexibility index (Phi) is 8.92. The minimum atomic E-state index is -0.0488. The SMILES string of the molecule is OCCOCCOc1ccc(-c2ccc(OCCO)c(CCO)c2)cc1. The Balaban J connectivity index is 2.02. The van der Waals surface area contributed by atoms with Gasteiger partial charge in [0.05, 0.1) is 26.4 Å². The van der Waals surface area contributed by atoms with E-state index in [1.807, 2.05) is 42.5 Å². The third kappa shape index (κ3) is 6.31. The van der Waals surface area contributed by atoms with Crippen LogP contribution in [0.2, 0.25) is 0 Å². The summed E-state index contributed by atoms with van der Waals surface area (Å²) in [7, 11) is 0. The van der Waals surface area contributed by atoms with Gasteiger partial charge in [-0.1, -0.05) is 18.2 Å². The molecule has 0 bridgehead atoms. The van der Waals surface area contributed by atoms with E-state index in [9.17, 15) is 5.11 Å². The number of aliphatic hydroxyl groups excluding tert-OH is 3. The van der Waals surface area contributed by atoms with Crippen LogP contribution in [0, 0.1) is 0 Å². The first-order chi connectivity index (χ1) is 12.8. The van der Waals surface area contributed by atoms with Gasteiger partial charge in [0.25, 0.3) is 0 Å². The number of ether oxygens (including phenoxy) is 3. The van der Waals surface area contributed by atoms with E-state index in [0.717, 1.165) is 22.4 Å². The third-order valence-electron chi connectivity index (χ3n) is 3.71. The lowest BCUT2D eigenvalue weighted by atomic mass is 10.0. The van der Waals surface area contributed by atoms with Crippen molar-refractivity contribution in [2.75, 3.05) is 46.2 Å². The molecule has 0 fully saturated rings. The van der Waals surface area contributed by atoms with Gasteiger partial charge in [0, 0.05) is 6.61 Å². The maximum atomic E-state index is 9.26. The summed E-state index contributed by atoms with van der Waals surface area (Å²) in [6.45, 7) is 1.40. The van der Waals surface area contributed by atoms with Gasteiger partial charge in [-0.15, -0.1) is 0 Å². The van der Waals surface area contributed by atoms with Crippen LogP contribution in [0.4, 0.5) is 0 Å². The topological polar surface area (TPSA) is 88.4 Å². The van der Waals surface area contributed by atoms with Crippen molar-refractivity contribution in [3.63, 3.8) is 0 Å². The van der Waals surface area contributed by atoms with E-state index in [2.05, 4.69) is 0 Å². The summed E-state index contributed by atoms with van der Waals surface area (Å²) in [4.78, 5) is 0. The minimum absolute atomic E-state index is 0.0107. The molecule has 0 unspecified atom stereocenters. The zero-order valence-electron chi connectivity index (χ0n) is 14.8. The second-order valence-electron chi connectivity index (χ2n) is 5.58. The lowest BCUT2D eigenvalue weighted by Crippen LogP contribution is -2.09. The smallest absolute Gasteiger partial charge is 0.122 e. The van der Waals surface area contributed by atoms with Crippen LogP contribution < -0.4 is 9.47 Å². The lowest BCUT2D eigenvalue weighted by Gasteiger charge is -2.13. The lowest BCUT2D eigenvalue weighted by molar-refractivity contribution is 0.0705. The van der Waals surface area contributed by atoms with Gasteiger partial charge in [0.1, 0.15) is 24.7 Å². The number of aliphatic hydroxyl groups is 3.